The van der Waals surface area contributed by atoms with Gasteiger partial charge in [-0.05, 0) is 70.1 Å². The Morgan fingerprint density at radius 1 is 1.13 bits per heavy atom. The lowest BCUT2D eigenvalue weighted by Crippen LogP contribution is -2.54. The van der Waals surface area contributed by atoms with E-state index in [2.05, 4.69) is 15.4 Å². The molecule has 4 amide bonds. The van der Waals surface area contributed by atoms with E-state index >= 15 is 0 Å². The van der Waals surface area contributed by atoms with Crippen molar-refractivity contribution in [2.45, 2.75) is 84.5 Å². The number of nitrogens with zero attached hydrogens (tertiary/aromatic N) is 1. The number of nitrogens with two attached hydrogens (primary N) is 1. The van der Waals surface area contributed by atoms with Crippen LogP contribution >= 0.6 is 0 Å². The van der Waals surface area contributed by atoms with E-state index in [-0.39, 0.29) is 31.3 Å². The van der Waals surface area contributed by atoms with Gasteiger partial charge in [-0.1, -0.05) is 25.1 Å². The second-order valence-corrected chi connectivity index (χ2v) is 10.8. The number of carbonyl (C=O) groups is 5. The summed E-state index contributed by atoms with van der Waals surface area (Å²) < 4.78 is 9.98. The minimum Gasteiger partial charge on any atom is -0.468 e. The summed E-state index contributed by atoms with van der Waals surface area (Å²) in [6.45, 7) is 10.5. The molecule has 1 saturated carbocycles. The Labute approximate surface area is 223 Å². The summed E-state index contributed by atoms with van der Waals surface area (Å²) in [7, 11) is 1.21. The fourth-order valence-corrected chi connectivity index (χ4v) is 4.05. The summed E-state index contributed by atoms with van der Waals surface area (Å²) in [5.41, 5.74) is 7.00. The Morgan fingerprint density at radius 2 is 1.76 bits per heavy atom. The van der Waals surface area contributed by atoms with Crippen molar-refractivity contribution in [3.63, 3.8) is 0 Å². The number of nitrogens with one attached hydrogen (secondary N) is 2. The van der Waals surface area contributed by atoms with Gasteiger partial charge in [0.05, 0.1) is 7.11 Å². The Hall–Kier alpha value is -3.63. The number of esters is 1. The lowest BCUT2D eigenvalue weighted by molar-refractivity contribution is -0.145. The summed E-state index contributed by atoms with van der Waals surface area (Å²) in [4.78, 5) is 65.0. The number of amides is 4. The molecule has 0 bridgehead atoms. The average molecular weight is 533 g/mol. The highest BCUT2D eigenvalue weighted by Gasteiger charge is 2.48. The van der Waals surface area contributed by atoms with Gasteiger partial charge in [0.25, 0.3) is 0 Å². The van der Waals surface area contributed by atoms with E-state index in [1.165, 1.54) is 12.0 Å². The van der Waals surface area contributed by atoms with Gasteiger partial charge in [0, 0.05) is 12.5 Å². The number of hydrogen-bond acceptors (Lipinski definition) is 7. The minimum absolute atomic E-state index is 0.0750. The molecule has 0 radical (unpaired) electrons. The van der Waals surface area contributed by atoms with E-state index < -0.39 is 47.5 Å². The smallest absolute Gasteiger partial charge is 0.408 e. The molecule has 0 saturated heterocycles. The highest BCUT2D eigenvalue weighted by molar-refractivity contribution is 5.94. The first kappa shape index (κ1) is 30.6. The number of benzene rings is 1. The van der Waals surface area contributed by atoms with Crippen molar-refractivity contribution in [2.24, 2.45) is 11.7 Å². The zero-order valence-corrected chi connectivity index (χ0v) is 23.3. The monoisotopic (exact) mass is 532 g/mol. The van der Waals surface area contributed by atoms with E-state index in [0.717, 1.165) is 11.1 Å². The second kappa shape index (κ2) is 12.7. The molecule has 1 aromatic rings. The molecule has 2 rings (SSSR count). The molecule has 1 fully saturated rings. The molecule has 4 atom stereocenters. The van der Waals surface area contributed by atoms with Crippen LogP contribution < -0.4 is 16.4 Å². The van der Waals surface area contributed by atoms with Crippen LogP contribution in [0.15, 0.2) is 18.2 Å². The molecule has 210 valence electrons. The van der Waals surface area contributed by atoms with Crippen molar-refractivity contribution >= 4 is 29.8 Å². The molecular formula is C27H40N4O7. The third kappa shape index (κ3) is 8.74. The Kier molecular flexibility index (Phi) is 10.3. The number of ether oxygens (including phenoxy) is 2. The summed E-state index contributed by atoms with van der Waals surface area (Å²) in [5.74, 6) is -2.30. The molecule has 0 spiro atoms. The Morgan fingerprint density at radius 3 is 2.26 bits per heavy atom. The largest absolute Gasteiger partial charge is 0.468 e. The first-order valence-corrected chi connectivity index (χ1v) is 12.7. The molecule has 11 nitrogen and oxygen atoms in total. The van der Waals surface area contributed by atoms with Gasteiger partial charge in [-0.3, -0.25) is 19.2 Å². The van der Waals surface area contributed by atoms with Crippen LogP contribution in [0, 0.1) is 19.8 Å². The first-order valence-electron chi connectivity index (χ1n) is 12.7. The van der Waals surface area contributed by atoms with Crippen molar-refractivity contribution in [2.75, 3.05) is 13.7 Å². The van der Waals surface area contributed by atoms with Gasteiger partial charge in [-0.2, -0.15) is 0 Å². The maximum absolute atomic E-state index is 14.1. The maximum Gasteiger partial charge on any atom is 0.408 e. The van der Waals surface area contributed by atoms with Gasteiger partial charge >= 0.3 is 12.1 Å². The zero-order valence-electron chi connectivity index (χ0n) is 23.3. The van der Waals surface area contributed by atoms with Crippen LogP contribution in [0.25, 0.3) is 0 Å². The SMILES string of the molecule is COC(=O)CNC(=O)C(c1ccc(C)c(C)c1)N(C(=O)C(CCC(N)=O)NC(=O)OC(C)(C)C)C1CC1C. The summed E-state index contributed by atoms with van der Waals surface area (Å²) in [5, 5.41) is 5.13. The van der Waals surface area contributed by atoms with Crippen LogP contribution in [0.1, 0.15) is 69.7 Å². The van der Waals surface area contributed by atoms with E-state index in [1.807, 2.05) is 32.9 Å². The third-order valence-corrected chi connectivity index (χ3v) is 6.36. The van der Waals surface area contributed by atoms with Crippen molar-refractivity contribution in [3.05, 3.63) is 34.9 Å². The summed E-state index contributed by atoms with van der Waals surface area (Å²) in [6.07, 6.45) is -0.425. The fourth-order valence-electron chi connectivity index (χ4n) is 4.05. The number of hydrogen-bond donors (Lipinski definition) is 3. The predicted molar refractivity (Wildman–Crippen MR) is 140 cm³/mol. The van der Waals surface area contributed by atoms with Crippen LogP contribution in [-0.2, 0) is 28.7 Å². The molecular weight excluding hydrogens is 492 g/mol. The molecule has 11 heteroatoms. The minimum atomic E-state index is -1.17. The number of methoxy groups -OCH3 is 1. The number of primary amides is 1. The highest BCUT2D eigenvalue weighted by atomic mass is 16.6. The zero-order chi connectivity index (χ0) is 28.8. The molecule has 38 heavy (non-hydrogen) atoms. The molecule has 4 N–H and O–H groups in total. The van der Waals surface area contributed by atoms with Gasteiger partial charge < -0.3 is 30.7 Å². The van der Waals surface area contributed by atoms with Crippen LogP contribution in [0.4, 0.5) is 4.79 Å². The molecule has 1 aliphatic rings. The maximum atomic E-state index is 14.1. The number of rotatable bonds is 11. The topological polar surface area (TPSA) is 157 Å². The first-order chi connectivity index (χ1) is 17.6. The standard InChI is InChI=1S/C27H40N4O7/c1-15-8-9-18(12-16(15)2)23(24(34)29-14-22(33)37-7)31(20-13-17(20)3)25(35)19(10-11-21(28)32)30-26(36)38-27(4,5)6/h8-9,12,17,19-20,23H,10-11,13-14H2,1-7H3,(H2,28,32)(H,29,34)(H,30,36). The van der Waals surface area contributed by atoms with Crippen molar-refractivity contribution < 1.29 is 33.4 Å². The van der Waals surface area contributed by atoms with Crippen molar-refractivity contribution in [1.29, 1.82) is 0 Å². The number of aryl methyl sites for hydroxylation is 2. The van der Waals surface area contributed by atoms with Gasteiger partial charge in [0.2, 0.25) is 17.7 Å². The highest BCUT2D eigenvalue weighted by Crippen LogP contribution is 2.41. The lowest BCUT2D eigenvalue weighted by Gasteiger charge is -2.35. The van der Waals surface area contributed by atoms with Crippen LogP contribution in [0.2, 0.25) is 0 Å². The van der Waals surface area contributed by atoms with E-state index in [4.69, 9.17) is 10.5 Å². The van der Waals surface area contributed by atoms with E-state index in [0.29, 0.717) is 12.0 Å². The summed E-state index contributed by atoms with van der Waals surface area (Å²) >= 11 is 0. The van der Waals surface area contributed by atoms with Gasteiger partial charge in [0.15, 0.2) is 0 Å². The average Bonchev–Trinajstić information content (AvgIpc) is 3.54. The van der Waals surface area contributed by atoms with Gasteiger partial charge in [-0.15, -0.1) is 0 Å². The van der Waals surface area contributed by atoms with Crippen LogP contribution in [0.3, 0.4) is 0 Å². The number of carbonyl (C=O) groups excluding carboxylic acids is 5. The molecule has 1 aliphatic carbocycles. The van der Waals surface area contributed by atoms with Crippen LogP contribution in [0.5, 0.6) is 0 Å². The van der Waals surface area contributed by atoms with E-state index in [1.54, 1.807) is 26.8 Å². The Bertz CT molecular complexity index is 1070. The molecule has 1 aromatic carbocycles. The Balaban J connectivity index is 2.52. The fraction of sp³-hybridized carbons (Fsp3) is 0.593. The van der Waals surface area contributed by atoms with Gasteiger partial charge in [-0.25, -0.2) is 4.79 Å². The normalized spacial score (nSPS) is 18.0. The third-order valence-electron chi connectivity index (χ3n) is 6.36. The molecule has 0 aromatic heterocycles. The quantitative estimate of drug-likeness (QED) is 0.368. The van der Waals surface area contributed by atoms with Crippen molar-refractivity contribution in [1.82, 2.24) is 15.5 Å². The number of alkyl carbamates (subject to hydrolysis) is 1. The lowest BCUT2D eigenvalue weighted by atomic mass is 9.97. The van der Waals surface area contributed by atoms with E-state index in [9.17, 15) is 24.0 Å². The molecule has 0 aliphatic heterocycles. The molecule has 0 heterocycles. The summed E-state index contributed by atoms with van der Waals surface area (Å²) in [6, 6.07) is 2.87. The van der Waals surface area contributed by atoms with Gasteiger partial charge in [0.1, 0.15) is 24.2 Å². The molecule has 4 unspecified atom stereocenters. The van der Waals surface area contributed by atoms with Crippen molar-refractivity contribution in [3.8, 4) is 0 Å². The second-order valence-electron chi connectivity index (χ2n) is 10.8. The predicted octanol–water partition coefficient (Wildman–Crippen LogP) is 2.03. The van der Waals surface area contributed by atoms with Crippen LogP contribution in [-0.4, -0.2) is 66.0 Å².